The highest BCUT2D eigenvalue weighted by Gasteiger charge is 2.67. The van der Waals surface area contributed by atoms with E-state index in [2.05, 4.69) is 68.9 Å². The molecule has 2 bridgehead atoms. The largest absolute Gasteiger partial charge is 0.454 e. The normalized spacial score (nSPS) is 34.6. The summed E-state index contributed by atoms with van der Waals surface area (Å²) >= 11 is 0. The molecular formula is C26H53B3O5. The highest BCUT2D eigenvalue weighted by Crippen LogP contribution is 2.65. The van der Waals surface area contributed by atoms with E-state index in [0.29, 0.717) is 29.3 Å². The number of rotatable bonds is 2. The number of ketones is 1. The van der Waals surface area contributed by atoms with E-state index in [9.17, 15) is 4.79 Å². The van der Waals surface area contributed by atoms with Gasteiger partial charge in [-0.2, -0.15) is 0 Å². The minimum atomic E-state index is -0.0233. The van der Waals surface area contributed by atoms with Crippen LogP contribution in [0, 0.1) is 29.1 Å². The zero-order chi connectivity index (χ0) is 26.6. The molecule has 196 valence electrons. The minimum absolute atomic E-state index is 0.000139. The average Bonchev–Trinajstić information content (AvgIpc) is 3.19. The number of hydrogen-bond acceptors (Lipinski definition) is 5. The van der Waals surface area contributed by atoms with Crippen molar-refractivity contribution >= 4 is 26.7 Å². The Labute approximate surface area is 212 Å². The van der Waals surface area contributed by atoms with Gasteiger partial charge in [-0.15, -0.1) is 0 Å². The molecule has 0 aromatic carbocycles. The Hall–Kier alpha value is -0.295. The fourth-order valence-corrected chi connectivity index (χ4v) is 5.77. The summed E-state index contributed by atoms with van der Waals surface area (Å²) in [5, 5.41) is 0. The summed E-state index contributed by atoms with van der Waals surface area (Å²) in [7, 11) is -0.0232. The summed E-state index contributed by atoms with van der Waals surface area (Å²) in [4.78, 5) is 9.44. The van der Waals surface area contributed by atoms with Crippen LogP contribution in [0.4, 0.5) is 0 Å². The van der Waals surface area contributed by atoms with E-state index in [1.807, 2.05) is 13.6 Å². The SMILES string of the molecule is CB(C)C.CB1OC(C(C)C)C(C(C)C)O1.CB1OC2CC3CC(C3(C)C)C2(C)O1.CC(C)=O. The van der Waals surface area contributed by atoms with Gasteiger partial charge in [0.2, 0.25) is 0 Å². The van der Waals surface area contributed by atoms with Crippen molar-refractivity contribution in [1.82, 2.24) is 0 Å². The van der Waals surface area contributed by atoms with E-state index in [-0.39, 0.29) is 37.8 Å². The van der Waals surface area contributed by atoms with Gasteiger partial charge in [-0.3, -0.25) is 0 Å². The molecule has 8 heteroatoms. The van der Waals surface area contributed by atoms with Gasteiger partial charge in [-0.25, -0.2) is 0 Å². The standard InChI is InChI=1S/C11H19BO2.C9H19BO2.C3H9B.C3H6O/c1-10(2)7-5-8(10)11(3)9(6-7)13-12(4)14-11;1-6(2)8-9(7(3)4)12-10(5)11-8;1-4(2)3;1-3(2)4/h7-9H,5-6H2,1-4H3;6-9H,1-5H3;1-3H3;1-2H3. The Balaban J connectivity index is 0.000000263. The maximum atomic E-state index is 9.44. The highest BCUT2D eigenvalue weighted by molar-refractivity contribution is 6.54. The quantitative estimate of drug-likeness (QED) is 0.424. The topological polar surface area (TPSA) is 54.0 Å². The van der Waals surface area contributed by atoms with E-state index >= 15 is 0 Å². The van der Waals surface area contributed by atoms with Gasteiger partial charge in [0.1, 0.15) is 12.5 Å². The number of carbonyl (C=O) groups excluding carboxylic acids is 1. The first-order chi connectivity index (χ1) is 15.4. The molecule has 6 unspecified atom stereocenters. The molecule has 5 rings (SSSR count). The van der Waals surface area contributed by atoms with Gasteiger partial charge in [-0.05, 0) is 76.3 Å². The van der Waals surface area contributed by atoms with Crippen LogP contribution in [0.5, 0.6) is 0 Å². The maximum Gasteiger partial charge on any atom is 0.454 e. The van der Waals surface area contributed by atoms with E-state index in [1.54, 1.807) is 0 Å². The third kappa shape index (κ3) is 8.11. The molecule has 2 saturated heterocycles. The summed E-state index contributed by atoms with van der Waals surface area (Å²) in [5.41, 5.74) is 0.469. The Kier molecular flexibility index (Phi) is 11.9. The third-order valence-corrected chi connectivity index (χ3v) is 7.41. The summed E-state index contributed by atoms with van der Waals surface area (Å²) in [6.45, 7) is 30.1. The van der Waals surface area contributed by atoms with Crippen LogP contribution in [-0.4, -0.2) is 50.6 Å². The van der Waals surface area contributed by atoms with Gasteiger partial charge in [0.05, 0.1) is 23.9 Å². The smallest absolute Gasteiger partial charge is 0.406 e. The van der Waals surface area contributed by atoms with Crippen molar-refractivity contribution in [3.63, 3.8) is 0 Å². The zero-order valence-electron chi connectivity index (χ0n) is 24.7. The Morgan fingerprint density at radius 2 is 1.26 bits per heavy atom. The zero-order valence-corrected chi connectivity index (χ0v) is 24.7. The van der Waals surface area contributed by atoms with Crippen molar-refractivity contribution in [2.75, 3.05) is 0 Å². The molecule has 0 aromatic heterocycles. The van der Waals surface area contributed by atoms with Gasteiger partial charge >= 0.3 is 14.2 Å². The first-order valence-electron chi connectivity index (χ1n) is 13.5. The minimum Gasteiger partial charge on any atom is -0.406 e. The van der Waals surface area contributed by atoms with E-state index in [0.717, 1.165) is 12.6 Å². The van der Waals surface area contributed by atoms with Crippen molar-refractivity contribution < 1.29 is 23.4 Å². The summed E-state index contributed by atoms with van der Waals surface area (Å²) in [6.07, 6.45) is 3.45. The average molecular weight is 478 g/mol. The Morgan fingerprint density at radius 1 is 0.853 bits per heavy atom. The molecule has 0 radical (unpaired) electrons. The second kappa shape index (κ2) is 12.8. The lowest BCUT2D eigenvalue weighted by Crippen LogP contribution is -2.65. The molecule has 2 aliphatic heterocycles. The third-order valence-electron chi connectivity index (χ3n) is 7.41. The molecule has 5 aliphatic rings. The molecule has 0 amide bonds. The molecule has 0 aromatic rings. The number of Topliss-reactive ketones (excluding diaryl/α,β-unsaturated/α-hetero) is 1. The van der Waals surface area contributed by atoms with Crippen LogP contribution in [-0.2, 0) is 23.4 Å². The molecule has 2 heterocycles. The van der Waals surface area contributed by atoms with Gasteiger partial charge in [0.15, 0.2) is 0 Å². The molecule has 0 spiro atoms. The monoisotopic (exact) mass is 478 g/mol. The second-order valence-corrected chi connectivity index (χ2v) is 12.9. The number of hydrogen-bond donors (Lipinski definition) is 0. The molecule has 5 fully saturated rings. The molecular weight excluding hydrogens is 425 g/mol. The summed E-state index contributed by atoms with van der Waals surface area (Å²) < 4.78 is 23.2. The predicted molar refractivity (Wildman–Crippen MR) is 147 cm³/mol. The molecule has 0 N–H and O–H groups in total. The lowest BCUT2D eigenvalue weighted by Gasteiger charge is -2.64. The van der Waals surface area contributed by atoms with Gasteiger partial charge < -0.3 is 23.4 Å². The molecule has 3 aliphatic carbocycles. The van der Waals surface area contributed by atoms with Crippen LogP contribution in [0.2, 0.25) is 34.1 Å². The molecule has 34 heavy (non-hydrogen) atoms. The Morgan fingerprint density at radius 3 is 1.62 bits per heavy atom. The van der Waals surface area contributed by atoms with Crippen molar-refractivity contribution in [2.45, 2.75) is 133 Å². The van der Waals surface area contributed by atoms with Crippen LogP contribution in [0.25, 0.3) is 0 Å². The maximum absolute atomic E-state index is 9.44. The first kappa shape index (κ1) is 31.7. The van der Waals surface area contributed by atoms with Crippen molar-refractivity contribution in [1.29, 1.82) is 0 Å². The number of carbonyl (C=O) groups is 1. The fourth-order valence-electron chi connectivity index (χ4n) is 5.77. The second-order valence-electron chi connectivity index (χ2n) is 12.9. The van der Waals surface area contributed by atoms with Gasteiger partial charge in [-0.1, -0.05) is 62.0 Å². The molecule has 6 atom stereocenters. The van der Waals surface area contributed by atoms with E-state index in [1.165, 1.54) is 26.7 Å². The van der Waals surface area contributed by atoms with Gasteiger partial charge in [0, 0.05) is 0 Å². The van der Waals surface area contributed by atoms with Crippen molar-refractivity contribution in [3.8, 4) is 0 Å². The van der Waals surface area contributed by atoms with Crippen LogP contribution in [0.15, 0.2) is 0 Å². The lowest BCUT2D eigenvalue weighted by atomic mass is 9.43. The lowest BCUT2D eigenvalue weighted by molar-refractivity contribution is -0.199. The summed E-state index contributed by atoms with van der Waals surface area (Å²) in [6, 6.07) is 0. The Bertz CT molecular complexity index is 619. The van der Waals surface area contributed by atoms with Crippen LogP contribution >= 0.6 is 0 Å². The predicted octanol–water partition coefficient (Wildman–Crippen LogP) is 6.51. The molecule has 5 nitrogen and oxygen atoms in total. The fraction of sp³-hybridized carbons (Fsp3) is 0.962. The van der Waals surface area contributed by atoms with Crippen molar-refractivity contribution in [3.05, 3.63) is 0 Å². The van der Waals surface area contributed by atoms with Gasteiger partial charge in [0.25, 0.3) is 0 Å². The molecule has 3 saturated carbocycles. The van der Waals surface area contributed by atoms with Crippen LogP contribution in [0.3, 0.4) is 0 Å². The van der Waals surface area contributed by atoms with Crippen LogP contribution in [0.1, 0.15) is 75.2 Å². The van der Waals surface area contributed by atoms with Crippen molar-refractivity contribution in [2.24, 2.45) is 29.1 Å². The first-order valence-corrected chi connectivity index (χ1v) is 13.5. The van der Waals surface area contributed by atoms with E-state index in [4.69, 9.17) is 18.6 Å². The van der Waals surface area contributed by atoms with E-state index < -0.39 is 0 Å². The summed E-state index contributed by atoms with van der Waals surface area (Å²) in [5.74, 6) is 2.81. The van der Waals surface area contributed by atoms with Crippen LogP contribution < -0.4 is 0 Å². The highest BCUT2D eigenvalue weighted by atomic mass is 16.7.